The Hall–Kier alpha value is -1.94. The largest absolute Gasteiger partial charge is 0.478 e. The van der Waals surface area contributed by atoms with Crippen LogP contribution in [0.3, 0.4) is 0 Å². The smallest absolute Gasteiger partial charge is 0.339 e. The summed E-state index contributed by atoms with van der Waals surface area (Å²) in [5, 5.41) is 9.78. The van der Waals surface area contributed by atoms with Gasteiger partial charge in [0, 0.05) is 17.6 Å². The number of nitrogens with zero attached hydrogens (tertiary/aromatic N) is 2. The molecule has 2 rings (SSSR count). The van der Waals surface area contributed by atoms with Crippen molar-refractivity contribution in [2.45, 2.75) is 26.2 Å². The zero-order valence-corrected chi connectivity index (χ0v) is 11.9. The third-order valence-electron chi connectivity index (χ3n) is 2.94. The van der Waals surface area contributed by atoms with Crippen LogP contribution >= 0.6 is 11.6 Å². The third-order valence-corrected chi connectivity index (χ3v) is 3.31. The van der Waals surface area contributed by atoms with Gasteiger partial charge in [-0.25, -0.2) is 14.8 Å². The number of benzene rings is 1. The van der Waals surface area contributed by atoms with Crippen LogP contribution in [0.2, 0.25) is 5.02 Å². The Bertz CT molecular complexity index is 629. The summed E-state index contributed by atoms with van der Waals surface area (Å²) >= 11 is 6.11. The quantitative estimate of drug-likeness (QED) is 0.917. The predicted octanol–water partition coefficient (Wildman–Crippen LogP) is 3.37. The van der Waals surface area contributed by atoms with Crippen molar-refractivity contribution in [2.24, 2.45) is 0 Å². The van der Waals surface area contributed by atoms with Crippen LogP contribution in [-0.4, -0.2) is 21.0 Å². The molecule has 0 aliphatic heterocycles. The van der Waals surface area contributed by atoms with Crippen molar-refractivity contribution in [1.29, 1.82) is 0 Å². The van der Waals surface area contributed by atoms with Crippen molar-refractivity contribution in [1.82, 2.24) is 9.97 Å². The van der Waals surface area contributed by atoms with E-state index in [0.29, 0.717) is 29.4 Å². The van der Waals surface area contributed by atoms with E-state index >= 15 is 0 Å². The van der Waals surface area contributed by atoms with E-state index in [1.807, 2.05) is 31.2 Å². The van der Waals surface area contributed by atoms with Crippen molar-refractivity contribution in [3.63, 3.8) is 0 Å². The number of halogens is 1. The van der Waals surface area contributed by atoms with Crippen LogP contribution in [0.1, 0.15) is 40.8 Å². The maximum absolute atomic E-state index is 11.1. The van der Waals surface area contributed by atoms with Crippen LogP contribution in [0.15, 0.2) is 30.5 Å². The summed E-state index contributed by atoms with van der Waals surface area (Å²) < 4.78 is 0. The van der Waals surface area contributed by atoms with Gasteiger partial charge in [0.25, 0.3) is 0 Å². The molecule has 0 amide bonds. The van der Waals surface area contributed by atoms with E-state index < -0.39 is 5.97 Å². The molecule has 1 heterocycles. The van der Waals surface area contributed by atoms with Gasteiger partial charge in [-0.15, -0.1) is 0 Å². The molecule has 0 spiro atoms. The van der Waals surface area contributed by atoms with E-state index in [2.05, 4.69) is 9.97 Å². The lowest BCUT2D eigenvalue weighted by Crippen LogP contribution is -2.09. The molecule has 0 saturated heterocycles. The molecule has 1 aromatic carbocycles. The SMILES string of the molecule is CCCc1nc(Cc2ccccc2Cl)ncc1C(=O)O. The van der Waals surface area contributed by atoms with Crippen LogP contribution in [-0.2, 0) is 12.8 Å². The molecular formula is C15H15ClN2O2. The van der Waals surface area contributed by atoms with Crippen molar-refractivity contribution < 1.29 is 9.90 Å². The van der Waals surface area contributed by atoms with E-state index in [0.717, 1.165) is 12.0 Å². The monoisotopic (exact) mass is 290 g/mol. The number of carboxylic acids is 1. The van der Waals surface area contributed by atoms with E-state index in [1.165, 1.54) is 6.20 Å². The Kier molecular flexibility index (Phi) is 4.69. The van der Waals surface area contributed by atoms with Gasteiger partial charge in [0.1, 0.15) is 5.82 Å². The van der Waals surface area contributed by atoms with Gasteiger partial charge in [-0.2, -0.15) is 0 Å². The van der Waals surface area contributed by atoms with Gasteiger partial charge in [0.05, 0.1) is 11.3 Å². The standard InChI is InChI=1S/C15H15ClN2O2/c1-2-5-13-11(15(19)20)9-17-14(18-13)8-10-6-3-4-7-12(10)16/h3-4,6-7,9H,2,5,8H2,1H3,(H,19,20). The summed E-state index contributed by atoms with van der Waals surface area (Å²) in [5.41, 5.74) is 1.69. The Balaban J connectivity index is 2.32. The van der Waals surface area contributed by atoms with Gasteiger partial charge in [-0.1, -0.05) is 43.1 Å². The molecule has 4 nitrogen and oxygen atoms in total. The summed E-state index contributed by atoms with van der Waals surface area (Å²) in [6, 6.07) is 7.49. The van der Waals surface area contributed by atoms with E-state index in [-0.39, 0.29) is 5.56 Å². The number of hydrogen-bond donors (Lipinski definition) is 1. The molecule has 20 heavy (non-hydrogen) atoms. The predicted molar refractivity (Wildman–Crippen MR) is 77.2 cm³/mol. The van der Waals surface area contributed by atoms with Gasteiger partial charge < -0.3 is 5.11 Å². The summed E-state index contributed by atoms with van der Waals surface area (Å²) in [7, 11) is 0. The molecule has 0 atom stereocenters. The molecule has 0 aliphatic rings. The number of hydrogen-bond acceptors (Lipinski definition) is 3. The summed E-state index contributed by atoms with van der Waals surface area (Å²) in [5.74, 6) is -0.399. The molecular weight excluding hydrogens is 276 g/mol. The fraction of sp³-hybridized carbons (Fsp3) is 0.267. The zero-order chi connectivity index (χ0) is 14.5. The maximum atomic E-state index is 11.1. The number of carboxylic acid groups (broad SMARTS) is 1. The second kappa shape index (κ2) is 6.48. The van der Waals surface area contributed by atoms with Gasteiger partial charge in [-0.3, -0.25) is 0 Å². The minimum atomic E-state index is -0.988. The second-order valence-electron chi connectivity index (χ2n) is 4.47. The Morgan fingerprint density at radius 1 is 1.35 bits per heavy atom. The second-order valence-corrected chi connectivity index (χ2v) is 4.88. The first kappa shape index (κ1) is 14.5. The van der Waals surface area contributed by atoms with Crippen molar-refractivity contribution >= 4 is 17.6 Å². The minimum Gasteiger partial charge on any atom is -0.478 e. The number of aromatic carboxylic acids is 1. The maximum Gasteiger partial charge on any atom is 0.339 e. The van der Waals surface area contributed by atoms with Crippen molar-refractivity contribution in [3.05, 3.63) is 58.1 Å². The normalized spacial score (nSPS) is 10.5. The van der Waals surface area contributed by atoms with Crippen LogP contribution in [0, 0.1) is 0 Å². The Morgan fingerprint density at radius 3 is 2.75 bits per heavy atom. The molecule has 0 unspecified atom stereocenters. The van der Waals surface area contributed by atoms with Crippen molar-refractivity contribution in [3.8, 4) is 0 Å². The highest BCUT2D eigenvalue weighted by molar-refractivity contribution is 6.31. The lowest BCUT2D eigenvalue weighted by atomic mass is 10.1. The molecule has 0 radical (unpaired) electrons. The average Bonchev–Trinajstić information content (AvgIpc) is 2.42. The molecule has 0 saturated carbocycles. The topological polar surface area (TPSA) is 63.1 Å². The van der Waals surface area contributed by atoms with E-state index in [4.69, 9.17) is 16.7 Å². The first-order valence-electron chi connectivity index (χ1n) is 6.43. The molecule has 5 heteroatoms. The van der Waals surface area contributed by atoms with Gasteiger partial charge >= 0.3 is 5.97 Å². The molecule has 0 fully saturated rings. The van der Waals surface area contributed by atoms with Crippen LogP contribution in [0.4, 0.5) is 0 Å². The van der Waals surface area contributed by atoms with Crippen LogP contribution in [0.5, 0.6) is 0 Å². The number of aryl methyl sites for hydroxylation is 1. The molecule has 1 N–H and O–H groups in total. The highest BCUT2D eigenvalue weighted by Gasteiger charge is 2.13. The first-order chi connectivity index (χ1) is 9.61. The summed E-state index contributed by atoms with van der Waals surface area (Å²) in [6.07, 6.45) is 3.34. The fourth-order valence-electron chi connectivity index (χ4n) is 1.96. The van der Waals surface area contributed by atoms with Gasteiger partial charge in [0.2, 0.25) is 0 Å². The van der Waals surface area contributed by atoms with Crippen LogP contribution in [0.25, 0.3) is 0 Å². The Labute approximate surface area is 122 Å². The van der Waals surface area contributed by atoms with Crippen LogP contribution < -0.4 is 0 Å². The van der Waals surface area contributed by atoms with E-state index in [1.54, 1.807) is 0 Å². The average molecular weight is 291 g/mol. The molecule has 0 bridgehead atoms. The zero-order valence-electron chi connectivity index (χ0n) is 11.1. The number of rotatable bonds is 5. The Morgan fingerprint density at radius 2 is 2.10 bits per heavy atom. The fourth-order valence-corrected chi connectivity index (χ4v) is 2.16. The van der Waals surface area contributed by atoms with E-state index in [9.17, 15) is 4.79 Å². The summed E-state index contributed by atoms with van der Waals surface area (Å²) in [4.78, 5) is 19.6. The molecule has 1 aromatic heterocycles. The first-order valence-corrected chi connectivity index (χ1v) is 6.81. The minimum absolute atomic E-state index is 0.176. The summed E-state index contributed by atoms with van der Waals surface area (Å²) in [6.45, 7) is 1.99. The number of aromatic nitrogens is 2. The molecule has 2 aromatic rings. The lowest BCUT2D eigenvalue weighted by molar-refractivity contribution is 0.0694. The third kappa shape index (κ3) is 3.33. The highest BCUT2D eigenvalue weighted by Crippen LogP contribution is 2.18. The van der Waals surface area contributed by atoms with Crippen molar-refractivity contribution in [2.75, 3.05) is 0 Å². The number of carbonyl (C=O) groups is 1. The van der Waals surface area contributed by atoms with Gasteiger partial charge in [-0.05, 0) is 18.1 Å². The van der Waals surface area contributed by atoms with Gasteiger partial charge in [0.15, 0.2) is 0 Å². The molecule has 0 aliphatic carbocycles. The highest BCUT2D eigenvalue weighted by atomic mass is 35.5. The lowest BCUT2D eigenvalue weighted by Gasteiger charge is -2.07. The molecule has 104 valence electrons.